The number of carbonyl (C=O) groups excluding carboxylic acids is 1. The van der Waals surface area contributed by atoms with Crippen molar-refractivity contribution in [3.63, 3.8) is 0 Å². The average Bonchev–Trinajstić information content (AvgIpc) is 3.05. The fourth-order valence-corrected chi connectivity index (χ4v) is 3.55. The number of ether oxygens (including phenoxy) is 1. The van der Waals surface area contributed by atoms with Gasteiger partial charge in [-0.15, -0.1) is 24.0 Å². The number of nitrogens with zero attached hydrogens (tertiary/aromatic N) is 4. The first kappa shape index (κ1) is 20.0. The molecule has 0 unspecified atom stereocenters. The number of guanidine groups is 1. The quantitative estimate of drug-likeness (QED) is 0.322. The van der Waals surface area contributed by atoms with Crippen LogP contribution in [0.4, 0.5) is 0 Å². The Bertz CT molecular complexity index is 585. The van der Waals surface area contributed by atoms with Gasteiger partial charge < -0.3 is 19.5 Å². The van der Waals surface area contributed by atoms with Crippen molar-refractivity contribution >= 4 is 35.9 Å². The maximum Gasteiger partial charge on any atom is 0.308 e. The summed E-state index contributed by atoms with van der Waals surface area (Å²) in [5, 5.41) is 3.41. The largest absolute Gasteiger partial charge is 0.469 e. The maximum absolute atomic E-state index is 11.6. The summed E-state index contributed by atoms with van der Waals surface area (Å²) in [6, 6.07) is 0. The number of rotatable bonds is 3. The zero-order valence-corrected chi connectivity index (χ0v) is 17.4. The molecule has 1 fully saturated rings. The van der Waals surface area contributed by atoms with Crippen LogP contribution in [-0.2, 0) is 29.0 Å². The van der Waals surface area contributed by atoms with Crippen LogP contribution in [0.25, 0.3) is 0 Å². The number of esters is 1. The number of methoxy groups -OCH3 is 1. The van der Waals surface area contributed by atoms with Gasteiger partial charge in [0.1, 0.15) is 5.82 Å². The van der Waals surface area contributed by atoms with Crippen LogP contribution in [0.5, 0.6) is 0 Å². The lowest BCUT2D eigenvalue weighted by molar-refractivity contribution is -0.146. The molecular formula is C17H28IN5O2. The van der Waals surface area contributed by atoms with Gasteiger partial charge in [-0.2, -0.15) is 0 Å². The molecule has 0 amide bonds. The third-order valence-corrected chi connectivity index (χ3v) is 4.93. The number of carbonyl (C=O) groups is 1. The van der Waals surface area contributed by atoms with E-state index in [1.165, 1.54) is 25.8 Å². The Morgan fingerprint density at radius 1 is 1.36 bits per heavy atom. The number of aromatic nitrogens is 2. The maximum atomic E-state index is 11.6. The van der Waals surface area contributed by atoms with Crippen molar-refractivity contribution in [3.05, 3.63) is 17.7 Å². The molecule has 7 nitrogen and oxygen atoms in total. The Morgan fingerprint density at radius 2 is 2.12 bits per heavy atom. The zero-order chi connectivity index (χ0) is 16.9. The van der Waals surface area contributed by atoms with Crippen molar-refractivity contribution in [1.82, 2.24) is 19.8 Å². The summed E-state index contributed by atoms with van der Waals surface area (Å²) in [6.07, 6.45) is 7.33. The molecule has 0 atom stereocenters. The summed E-state index contributed by atoms with van der Waals surface area (Å²) in [7, 11) is 3.26. The number of halogens is 1. The van der Waals surface area contributed by atoms with Gasteiger partial charge >= 0.3 is 5.97 Å². The minimum absolute atomic E-state index is 0. The molecule has 0 aliphatic carbocycles. The Hall–Kier alpha value is -1.32. The summed E-state index contributed by atoms with van der Waals surface area (Å²) in [5.74, 6) is 2.00. The van der Waals surface area contributed by atoms with Crippen molar-refractivity contribution in [2.75, 3.05) is 27.2 Å². The number of aliphatic imine (C=N–C) groups is 1. The minimum atomic E-state index is -0.0961. The van der Waals surface area contributed by atoms with Gasteiger partial charge in [0.25, 0.3) is 0 Å². The van der Waals surface area contributed by atoms with Gasteiger partial charge in [-0.05, 0) is 25.7 Å². The van der Waals surface area contributed by atoms with Gasteiger partial charge in [0.15, 0.2) is 5.96 Å². The highest BCUT2D eigenvalue weighted by Gasteiger charge is 2.27. The number of piperidine rings is 1. The van der Waals surface area contributed by atoms with E-state index in [9.17, 15) is 4.79 Å². The Morgan fingerprint density at radius 3 is 2.76 bits per heavy atom. The van der Waals surface area contributed by atoms with Gasteiger partial charge in [0, 0.05) is 39.3 Å². The standard InChI is InChI=1S/C17H27N5O2.HI/c1-18-17(21-9-6-13(7-10-21)16(23)24-2)19-11-14-12-22-8-4-3-5-15(22)20-14;/h12-13H,3-11H2,1-2H3,(H,18,19);1H. The van der Waals surface area contributed by atoms with Gasteiger partial charge in [-0.3, -0.25) is 9.79 Å². The second kappa shape index (κ2) is 9.40. The lowest BCUT2D eigenvalue weighted by atomic mass is 9.97. The van der Waals surface area contributed by atoms with E-state index in [1.54, 1.807) is 7.05 Å². The Labute approximate surface area is 166 Å². The lowest BCUT2D eigenvalue weighted by Gasteiger charge is -2.33. The fourth-order valence-electron chi connectivity index (χ4n) is 3.55. The molecule has 1 aromatic heterocycles. The number of imidazole rings is 1. The molecule has 0 aromatic carbocycles. The van der Waals surface area contributed by atoms with Gasteiger partial charge in [-0.25, -0.2) is 4.98 Å². The topological polar surface area (TPSA) is 71.8 Å². The highest BCUT2D eigenvalue weighted by molar-refractivity contribution is 14.0. The number of hydrogen-bond acceptors (Lipinski definition) is 4. The van der Waals surface area contributed by atoms with E-state index in [-0.39, 0.29) is 35.9 Å². The lowest BCUT2D eigenvalue weighted by Crippen LogP contribution is -2.46. The highest BCUT2D eigenvalue weighted by Crippen LogP contribution is 2.19. The summed E-state index contributed by atoms with van der Waals surface area (Å²) < 4.78 is 7.11. The molecule has 0 radical (unpaired) electrons. The second-order valence-corrected chi connectivity index (χ2v) is 6.48. The van der Waals surface area contributed by atoms with Gasteiger partial charge in [0.2, 0.25) is 0 Å². The average molecular weight is 461 g/mol. The van der Waals surface area contributed by atoms with Crippen molar-refractivity contribution in [1.29, 1.82) is 0 Å². The molecule has 3 rings (SSSR count). The first-order valence-corrected chi connectivity index (χ1v) is 8.79. The van der Waals surface area contributed by atoms with Crippen molar-refractivity contribution in [2.45, 2.75) is 45.2 Å². The van der Waals surface area contributed by atoms with E-state index in [4.69, 9.17) is 9.72 Å². The van der Waals surface area contributed by atoms with E-state index < -0.39 is 0 Å². The van der Waals surface area contributed by atoms with E-state index >= 15 is 0 Å². The van der Waals surface area contributed by atoms with E-state index in [2.05, 4.69) is 26.0 Å². The van der Waals surface area contributed by atoms with Crippen LogP contribution < -0.4 is 5.32 Å². The molecule has 0 spiro atoms. The molecule has 0 saturated carbocycles. The van der Waals surface area contributed by atoms with Crippen LogP contribution in [0, 0.1) is 5.92 Å². The van der Waals surface area contributed by atoms with E-state index in [0.29, 0.717) is 6.54 Å². The highest BCUT2D eigenvalue weighted by atomic mass is 127. The molecule has 0 bridgehead atoms. The zero-order valence-electron chi connectivity index (χ0n) is 15.0. The summed E-state index contributed by atoms with van der Waals surface area (Å²) in [6.45, 7) is 3.40. The molecule has 3 heterocycles. The minimum Gasteiger partial charge on any atom is -0.469 e. The predicted octanol–water partition coefficient (Wildman–Crippen LogP) is 1.80. The third-order valence-electron chi connectivity index (χ3n) is 4.93. The van der Waals surface area contributed by atoms with E-state index in [0.717, 1.165) is 50.6 Å². The molecular weight excluding hydrogens is 433 g/mol. The van der Waals surface area contributed by atoms with Gasteiger partial charge in [0.05, 0.1) is 25.3 Å². The molecule has 8 heteroatoms. The van der Waals surface area contributed by atoms with Crippen molar-refractivity contribution < 1.29 is 9.53 Å². The number of nitrogens with one attached hydrogen (secondary N) is 1. The summed E-state index contributed by atoms with van der Waals surface area (Å²) in [4.78, 5) is 22.9. The number of fused-ring (bicyclic) bond motifs is 1. The summed E-state index contributed by atoms with van der Waals surface area (Å²) >= 11 is 0. The SMILES string of the molecule is CN=C(NCc1cn2c(n1)CCCC2)N1CCC(C(=O)OC)CC1.I. The van der Waals surface area contributed by atoms with Crippen LogP contribution in [-0.4, -0.2) is 53.6 Å². The molecule has 140 valence electrons. The molecule has 25 heavy (non-hydrogen) atoms. The first-order valence-electron chi connectivity index (χ1n) is 8.79. The Balaban J connectivity index is 0.00000225. The van der Waals surface area contributed by atoms with Crippen molar-refractivity contribution in [3.8, 4) is 0 Å². The number of aryl methyl sites for hydroxylation is 2. The molecule has 2 aliphatic heterocycles. The Kier molecular flexibility index (Phi) is 7.52. The van der Waals surface area contributed by atoms with Crippen LogP contribution >= 0.6 is 24.0 Å². The van der Waals surface area contributed by atoms with Crippen LogP contribution in [0.3, 0.4) is 0 Å². The molecule has 1 N–H and O–H groups in total. The van der Waals surface area contributed by atoms with Crippen molar-refractivity contribution in [2.24, 2.45) is 10.9 Å². The first-order chi connectivity index (χ1) is 11.7. The summed E-state index contributed by atoms with van der Waals surface area (Å²) in [5.41, 5.74) is 1.07. The van der Waals surface area contributed by atoms with Crippen LogP contribution in [0.1, 0.15) is 37.2 Å². The smallest absolute Gasteiger partial charge is 0.308 e. The number of likely N-dealkylation sites (tertiary alicyclic amines) is 1. The monoisotopic (exact) mass is 461 g/mol. The normalized spacial score (nSPS) is 18.3. The van der Waals surface area contributed by atoms with Gasteiger partial charge in [-0.1, -0.05) is 0 Å². The molecule has 2 aliphatic rings. The van der Waals surface area contributed by atoms with E-state index in [1.807, 2.05) is 0 Å². The van der Waals surface area contributed by atoms with Crippen LogP contribution in [0.2, 0.25) is 0 Å². The molecule has 1 saturated heterocycles. The predicted molar refractivity (Wildman–Crippen MR) is 107 cm³/mol. The van der Waals surface area contributed by atoms with Crippen LogP contribution in [0.15, 0.2) is 11.2 Å². The molecule has 1 aromatic rings. The third kappa shape index (κ3) is 4.86. The fraction of sp³-hybridized carbons (Fsp3) is 0.706. The second-order valence-electron chi connectivity index (χ2n) is 6.48. The number of hydrogen-bond donors (Lipinski definition) is 1.